The number of halogens is 1. The lowest BCUT2D eigenvalue weighted by atomic mass is 9.96. The molecule has 2 amide bonds. The minimum absolute atomic E-state index is 0.0805. The Morgan fingerprint density at radius 3 is 2.61 bits per heavy atom. The highest BCUT2D eigenvalue weighted by atomic mass is 19.1. The van der Waals surface area contributed by atoms with E-state index in [4.69, 9.17) is 0 Å². The van der Waals surface area contributed by atoms with Gasteiger partial charge in [-0.25, -0.2) is 9.18 Å². The number of urea groups is 1. The number of hydrogen-bond acceptors (Lipinski definition) is 2. The molecule has 2 rings (SSSR count). The van der Waals surface area contributed by atoms with Gasteiger partial charge in [0, 0.05) is 6.04 Å². The van der Waals surface area contributed by atoms with Crippen LogP contribution in [0.25, 0.3) is 0 Å². The summed E-state index contributed by atoms with van der Waals surface area (Å²) in [5, 5.41) is 15.6. The molecule has 0 bridgehead atoms. The van der Waals surface area contributed by atoms with Crippen LogP contribution in [-0.4, -0.2) is 23.7 Å². The molecule has 0 spiro atoms. The zero-order valence-electron chi connectivity index (χ0n) is 10.2. The molecular weight excluding hydrogens is 235 g/mol. The number of rotatable bonds is 4. The van der Waals surface area contributed by atoms with Crippen LogP contribution in [0.3, 0.4) is 0 Å². The Morgan fingerprint density at radius 1 is 1.44 bits per heavy atom. The number of hydrogen-bond donors (Lipinski definition) is 3. The molecule has 0 aromatic heterocycles. The van der Waals surface area contributed by atoms with Crippen molar-refractivity contribution in [3.8, 4) is 0 Å². The van der Waals surface area contributed by atoms with Gasteiger partial charge >= 0.3 is 6.03 Å². The lowest BCUT2D eigenvalue weighted by molar-refractivity contribution is 0.0593. The lowest BCUT2D eigenvalue weighted by Gasteiger charge is -2.24. The van der Waals surface area contributed by atoms with Crippen LogP contribution in [0.4, 0.5) is 9.18 Å². The SMILES string of the molecule is CC(O)(CNC(=O)NC1CC1)c1ccc(F)cc1. The monoisotopic (exact) mass is 252 g/mol. The van der Waals surface area contributed by atoms with E-state index < -0.39 is 5.60 Å². The van der Waals surface area contributed by atoms with E-state index in [-0.39, 0.29) is 24.4 Å². The molecule has 1 aliphatic rings. The first-order valence-corrected chi connectivity index (χ1v) is 6.00. The van der Waals surface area contributed by atoms with Gasteiger partial charge in [-0.2, -0.15) is 0 Å². The summed E-state index contributed by atoms with van der Waals surface area (Å²) in [4.78, 5) is 11.4. The molecule has 18 heavy (non-hydrogen) atoms. The van der Waals surface area contributed by atoms with Crippen LogP contribution in [0.5, 0.6) is 0 Å². The third-order valence-electron chi connectivity index (χ3n) is 2.97. The molecule has 1 aliphatic carbocycles. The first kappa shape index (κ1) is 12.8. The molecule has 0 saturated heterocycles. The Hall–Kier alpha value is -1.62. The van der Waals surface area contributed by atoms with E-state index in [1.807, 2.05) is 0 Å². The Kier molecular flexibility index (Phi) is 3.52. The average Bonchev–Trinajstić information content (AvgIpc) is 3.11. The molecule has 0 radical (unpaired) electrons. The summed E-state index contributed by atoms with van der Waals surface area (Å²) in [6, 6.07) is 5.59. The zero-order valence-corrected chi connectivity index (χ0v) is 10.2. The third-order valence-corrected chi connectivity index (χ3v) is 2.97. The van der Waals surface area contributed by atoms with Crippen molar-refractivity contribution < 1.29 is 14.3 Å². The summed E-state index contributed by atoms with van der Waals surface area (Å²) in [7, 11) is 0. The minimum atomic E-state index is -1.21. The number of carbonyl (C=O) groups excluding carboxylic acids is 1. The Morgan fingerprint density at radius 2 is 2.06 bits per heavy atom. The predicted octanol–water partition coefficient (Wildman–Crippen LogP) is 1.49. The second-order valence-corrected chi connectivity index (χ2v) is 4.88. The minimum Gasteiger partial charge on any atom is -0.384 e. The molecule has 4 nitrogen and oxygen atoms in total. The van der Waals surface area contributed by atoms with Gasteiger partial charge in [0.05, 0.1) is 6.54 Å². The van der Waals surface area contributed by atoms with Crippen molar-refractivity contribution in [2.75, 3.05) is 6.54 Å². The fourth-order valence-corrected chi connectivity index (χ4v) is 1.63. The maximum atomic E-state index is 12.8. The van der Waals surface area contributed by atoms with Crippen LogP contribution in [0.15, 0.2) is 24.3 Å². The fourth-order valence-electron chi connectivity index (χ4n) is 1.63. The summed E-state index contributed by atoms with van der Waals surface area (Å²) in [5.74, 6) is -0.353. The highest BCUT2D eigenvalue weighted by molar-refractivity contribution is 5.74. The van der Waals surface area contributed by atoms with E-state index in [1.54, 1.807) is 6.92 Å². The molecule has 1 aromatic rings. The van der Waals surface area contributed by atoms with E-state index >= 15 is 0 Å². The van der Waals surface area contributed by atoms with Crippen LogP contribution in [0, 0.1) is 5.82 Å². The summed E-state index contributed by atoms with van der Waals surface area (Å²) in [6.07, 6.45) is 2.03. The van der Waals surface area contributed by atoms with Crippen molar-refractivity contribution in [1.82, 2.24) is 10.6 Å². The Labute approximate surface area is 105 Å². The standard InChI is InChI=1S/C13H17FN2O2/c1-13(18,9-2-4-10(14)5-3-9)8-15-12(17)16-11-6-7-11/h2-5,11,18H,6-8H2,1H3,(H2,15,16,17). The molecule has 1 aromatic carbocycles. The van der Waals surface area contributed by atoms with Crippen molar-refractivity contribution in [2.24, 2.45) is 0 Å². The van der Waals surface area contributed by atoms with Crippen LogP contribution in [0.2, 0.25) is 0 Å². The highest BCUT2D eigenvalue weighted by Gasteiger charge is 2.26. The number of benzene rings is 1. The number of amides is 2. The van der Waals surface area contributed by atoms with E-state index in [0.717, 1.165) is 12.8 Å². The van der Waals surface area contributed by atoms with Gasteiger partial charge < -0.3 is 15.7 Å². The van der Waals surface area contributed by atoms with Gasteiger partial charge in [0.15, 0.2) is 0 Å². The summed E-state index contributed by atoms with van der Waals surface area (Å²) >= 11 is 0. The van der Waals surface area contributed by atoms with Gasteiger partial charge in [0.1, 0.15) is 11.4 Å². The third kappa shape index (κ3) is 3.43. The smallest absolute Gasteiger partial charge is 0.315 e. The van der Waals surface area contributed by atoms with Gasteiger partial charge in [-0.15, -0.1) is 0 Å². The van der Waals surface area contributed by atoms with Crippen LogP contribution >= 0.6 is 0 Å². The van der Waals surface area contributed by atoms with E-state index in [2.05, 4.69) is 10.6 Å². The summed E-state index contributed by atoms with van der Waals surface area (Å²) in [5.41, 5.74) is -0.648. The number of nitrogens with one attached hydrogen (secondary N) is 2. The first-order valence-electron chi connectivity index (χ1n) is 6.00. The largest absolute Gasteiger partial charge is 0.384 e. The fraction of sp³-hybridized carbons (Fsp3) is 0.462. The molecule has 98 valence electrons. The Bertz CT molecular complexity index is 427. The van der Waals surface area contributed by atoms with Gasteiger partial charge in [-0.1, -0.05) is 12.1 Å². The molecule has 1 saturated carbocycles. The second kappa shape index (κ2) is 4.94. The number of carbonyl (C=O) groups is 1. The second-order valence-electron chi connectivity index (χ2n) is 4.88. The average molecular weight is 252 g/mol. The first-order chi connectivity index (χ1) is 8.47. The van der Waals surface area contributed by atoms with Crippen LogP contribution in [-0.2, 0) is 5.60 Å². The van der Waals surface area contributed by atoms with Gasteiger partial charge in [0.25, 0.3) is 0 Å². The predicted molar refractivity (Wildman–Crippen MR) is 65.5 cm³/mol. The van der Waals surface area contributed by atoms with Crippen LogP contribution in [0.1, 0.15) is 25.3 Å². The molecule has 3 N–H and O–H groups in total. The molecule has 1 fully saturated rings. The quantitative estimate of drug-likeness (QED) is 0.760. The van der Waals surface area contributed by atoms with Crippen molar-refractivity contribution in [1.29, 1.82) is 0 Å². The summed E-state index contributed by atoms with van der Waals surface area (Å²) in [6.45, 7) is 1.66. The van der Waals surface area contributed by atoms with Crippen molar-refractivity contribution >= 4 is 6.03 Å². The van der Waals surface area contributed by atoms with Crippen molar-refractivity contribution in [3.05, 3.63) is 35.6 Å². The topological polar surface area (TPSA) is 61.4 Å². The zero-order chi connectivity index (χ0) is 13.2. The van der Waals surface area contributed by atoms with Gasteiger partial charge in [-0.05, 0) is 37.5 Å². The van der Waals surface area contributed by atoms with E-state index in [9.17, 15) is 14.3 Å². The molecule has 1 atom stereocenters. The maximum Gasteiger partial charge on any atom is 0.315 e. The normalized spacial score (nSPS) is 17.9. The molecular formula is C13H17FN2O2. The maximum absolute atomic E-state index is 12.8. The number of aliphatic hydroxyl groups is 1. The van der Waals surface area contributed by atoms with Crippen molar-refractivity contribution in [2.45, 2.75) is 31.4 Å². The van der Waals surface area contributed by atoms with Crippen LogP contribution < -0.4 is 10.6 Å². The molecule has 5 heteroatoms. The molecule has 1 unspecified atom stereocenters. The molecule has 0 heterocycles. The van der Waals surface area contributed by atoms with Gasteiger partial charge in [0.2, 0.25) is 0 Å². The lowest BCUT2D eigenvalue weighted by Crippen LogP contribution is -2.44. The van der Waals surface area contributed by atoms with E-state index in [0.29, 0.717) is 5.56 Å². The van der Waals surface area contributed by atoms with Crippen molar-refractivity contribution in [3.63, 3.8) is 0 Å². The summed E-state index contributed by atoms with van der Waals surface area (Å²) < 4.78 is 12.8. The molecule has 0 aliphatic heterocycles. The highest BCUT2D eigenvalue weighted by Crippen LogP contribution is 2.20. The Balaban J connectivity index is 1.89. The van der Waals surface area contributed by atoms with Gasteiger partial charge in [-0.3, -0.25) is 0 Å². The van der Waals surface area contributed by atoms with E-state index in [1.165, 1.54) is 24.3 Å².